The lowest BCUT2D eigenvalue weighted by Crippen LogP contribution is -2.37. The van der Waals surface area contributed by atoms with Crippen LogP contribution in [0.4, 0.5) is 5.95 Å². The molecule has 0 aromatic carbocycles. The van der Waals surface area contributed by atoms with Crippen molar-refractivity contribution in [1.29, 1.82) is 0 Å². The van der Waals surface area contributed by atoms with Gasteiger partial charge in [-0.3, -0.25) is 4.79 Å². The van der Waals surface area contributed by atoms with E-state index in [0.717, 1.165) is 12.8 Å². The smallest absolute Gasteiger partial charge is 0.244 e. The topological polar surface area (TPSA) is 77.0 Å². The van der Waals surface area contributed by atoms with Crippen LogP contribution in [0.2, 0.25) is 0 Å². The number of hydrogen-bond acceptors (Lipinski definition) is 4. The monoisotopic (exact) mass is 223 g/mol. The number of carbonyl (C=O) groups is 1. The third-order valence-corrected chi connectivity index (χ3v) is 3.12. The minimum absolute atomic E-state index is 0.0665. The number of likely N-dealkylation sites (N-methyl/N-ethyl adjacent to an activating group) is 1. The molecule has 88 valence electrons. The third kappa shape index (κ3) is 2.32. The zero-order chi connectivity index (χ0) is 11.5. The third-order valence-electron chi connectivity index (χ3n) is 3.12. The van der Waals surface area contributed by atoms with Crippen LogP contribution in [0.15, 0.2) is 6.33 Å². The van der Waals surface area contributed by atoms with Crippen LogP contribution in [0.5, 0.6) is 0 Å². The second kappa shape index (κ2) is 4.51. The van der Waals surface area contributed by atoms with Gasteiger partial charge in [-0.05, 0) is 12.8 Å². The highest BCUT2D eigenvalue weighted by molar-refractivity contribution is 5.75. The largest absolute Gasteiger partial charge is 0.367 e. The van der Waals surface area contributed by atoms with Crippen molar-refractivity contribution < 1.29 is 4.79 Å². The number of rotatable bonds is 3. The maximum Gasteiger partial charge on any atom is 0.244 e. The van der Waals surface area contributed by atoms with Gasteiger partial charge in [-0.1, -0.05) is 12.8 Å². The van der Waals surface area contributed by atoms with Crippen LogP contribution in [0.25, 0.3) is 0 Å². The molecule has 0 atom stereocenters. The van der Waals surface area contributed by atoms with Gasteiger partial charge in [0.2, 0.25) is 11.9 Å². The summed E-state index contributed by atoms with van der Waals surface area (Å²) in [5, 5.41) is 3.90. The second-order valence-electron chi connectivity index (χ2n) is 4.24. The molecular weight excluding hydrogens is 206 g/mol. The molecule has 0 bridgehead atoms. The predicted molar refractivity (Wildman–Crippen MR) is 59.5 cm³/mol. The van der Waals surface area contributed by atoms with Crippen LogP contribution in [0, 0.1) is 0 Å². The Morgan fingerprint density at radius 3 is 2.88 bits per heavy atom. The number of nitrogen functional groups attached to an aromatic ring is 1. The lowest BCUT2D eigenvalue weighted by atomic mass is 10.2. The van der Waals surface area contributed by atoms with Crippen LogP contribution in [-0.4, -0.2) is 38.7 Å². The number of amides is 1. The molecule has 0 saturated heterocycles. The molecule has 0 unspecified atom stereocenters. The second-order valence-corrected chi connectivity index (χ2v) is 4.24. The van der Waals surface area contributed by atoms with Crippen molar-refractivity contribution in [1.82, 2.24) is 19.7 Å². The molecule has 0 aliphatic heterocycles. The maximum absolute atomic E-state index is 11.9. The Morgan fingerprint density at radius 2 is 2.31 bits per heavy atom. The fraction of sp³-hybridized carbons (Fsp3) is 0.700. The molecule has 1 saturated carbocycles. The van der Waals surface area contributed by atoms with E-state index in [0.29, 0.717) is 6.04 Å². The van der Waals surface area contributed by atoms with E-state index < -0.39 is 0 Å². The molecule has 16 heavy (non-hydrogen) atoms. The summed E-state index contributed by atoms with van der Waals surface area (Å²) in [6.07, 6.45) is 6.15. The molecule has 0 radical (unpaired) electrons. The van der Waals surface area contributed by atoms with Crippen molar-refractivity contribution in [3.05, 3.63) is 6.33 Å². The van der Waals surface area contributed by atoms with E-state index in [-0.39, 0.29) is 18.4 Å². The summed E-state index contributed by atoms with van der Waals surface area (Å²) in [6, 6.07) is 0.397. The zero-order valence-corrected chi connectivity index (χ0v) is 9.46. The van der Waals surface area contributed by atoms with E-state index in [2.05, 4.69) is 10.1 Å². The normalized spacial score (nSPS) is 16.6. The van der Waals surface area contributed by atoms with Crippen molar-refractivity contribution in [2.75, 3.05) is 12.8 Å². The van der Waals surface area contributed by atoms with E-state index in [4.69, 9.17) is 5.73 Å². The van der Waals surface area contributed by atoms with Crippen molar-refractivity contribution in [3.63, 3.8) is 0 Å². The van der Waals surface area contributed by atoms with Crippen LogP contribution >= 0.6 is 0 Å². The highest BCUT2D eigenvalue weighted by Gasteiger charge is 2.23. The van der Waals surface area contributed by atoms with Gasteiger partial charge >= 0.3 is 0 Å². The SMILES string of the molecule is CN(C(=O)Cn1cnc(N)n1)C1CCCC1. The summed E-state index contributed by atoms with van der Waals surface area (Å²) in [7, 11) is 1.86. The molecule has 2 rings (SSSR count). The first kappa shape index (κ1) is 10.9. The highest BCUT2D eigenvalue weighted by atomic mass is 16.2. The molecular formula is C10H17N5O. The highest BCUT2D eigenvalue weighted by Crippen LogP contribution is 2.22. The van der Waals surface area contributed by atoms with Crippen LogP contribution in [0.1, 0.15) is 25.7 Å². The van der Waals surface area contributed by atoms with Gasteiger partial charge in [0, 0.05) is 13.1 Å². The van der Waals surface area contributed by atoms with Crippen LogP contribution in [-0.2, 0) is 11.3 Å². The van der Waals surface area contributed by atoms with Gasteiger partial charge in [0.25, 0.3) is 0 Å². The summed E-state index contributed by atoms with van der Waals surface area (Å²) < 4.78 is 1.48. The zero-order valence-electron chi connectivity index (χ0n) is 9.46. The summed E-state index contributed by atoms with van der Waals surface area (Å²) in [6.45, 7) is 0.219. The van der Waals surface area contributed by atoms with Gasteiger partial charge in [-0.15, -0.1) is 5.10 Å². The molecule has 1 fully saturated rings. The van der Waals surface area contributed by atoms with Crippen molar-refractivity contribution in [2.45, 2.75) is 38.3 Å². The Morgan fingerprint density at radius 1 is 1.62 bits per heavy atom. The molecule has 0 spiro atoms. The molecule has 6 nitrogen and oxygen atoms in total. The fourth-order valence-electron chi connectivity index (χ4n) is 2.13. The maximum atomic E-state index is 11.9. The van der Waals surface area contributed by atoms with Gasteiger partial charge in [-0.25, -0.2) is 9.67 Å². The summed E-state index contributed by atoms with van der Waals surface area (Å²) in [5.41, 5.74) is 5.38. The Bertz CT molecular complexity index is 369. The molecule has 1 aromatic rings. The van der Waals surface area contributed by atoms with Crippen LogP contribution in [0.3, 0.4) is 0 Å². The summed E-state index contributed by atoms with van der Waals surface area (Å²) in [4.78, 5) is 17.5. The van der Waals surface area contributed by atoms with Gasteiger partial charge in [0.1, 0.15) is 12.9 Å². The standard InChI is InChI=1S/C10H17N5O/c1-14(8-4-2-3-5-8)9(16)6-15-7-12-10(11)13-15/h7-8H,2-6H2,1H3,(H2,11,13). The number of anilines is 1. The Kier molecular flexibility index (Phi) is 3.07. The van der Waals surface area contributed by atoms with Gasteiger partial charge < -0.3 is 10.6 Å². The first-order valence-corrected chi connectivity index (χ1v) is 5.57. The Balaban J connectivity index is 1.92. The molecule has 2 N–H and O–H groups in total. The number of nitrogens with two attached hydrogens (primary N) is 1. The number of carbonyl (C=O) groups excluding carboxylic acids is 1. The quantitative estimate of drug-likeness (QED) is 0.797. The van der Waals surface area contributed by atoms with Gasteiger partial charge in [-0.2, -0.15) is 0 Å². The predicted octanol–water partition coefficient (Wildman–Crippen LogP) is 0.261. The van der Waals surface area contributed by atoms with E-state index in [9.17, 15) is 4.79 Å². The van der Waals surface area contributed by atoms with Crippen LogP contribution < -0.4 is 5.73 Å². The van der Waals surface area contributed by atoms with Crippen molar-refractivity contribution >= 4 is 11.9 Å². The van der Waals surface area contributed by atoms with E-state index >= 15 is 0 Å². The lowest BCUT2D eigenvalue weighted by molar-refractivity contribution is -0.132. The van der Waals surface area contributed by atoms with Gasteiger partial charge in [0.15, 0.2) is 0 Å². The summed E-state index contributed by atoms with van der Waals surface area (Å²) >= 11 is 0. The molecule has 1 aliphatic rings. The molecule has 6 heteroatoms. The minimum atomic E-state index is 0.0665. The van der Waals surface area contributed by atoms with E-state index in [1.807, 2.05) is 11.9 Å². The molecule has 1 aromatic heterocycles. The lowest BCUT2D eigenvalue weighted by Gasteiger charge is -2.24. The summed E-state index contributed by atoms with van der Waals surface area (Å²) in [5.74, 6) is 0.271. The average molecular weight is 223 g/mol. The van der Waals surface area contributed by atoms with E-state index in [1.165, 1.54) is 23.9 Å². The fourth-order valence-corrected chi connectivity index (χ4v) is 2.13. The first-order valence-electron chi connectivity index (χ1n) is 5.57. The van der Waals surface area contributed by atoms with Gasteiger partial charge in [0.05, 0.1) is 0 Å². The first-order chi connectivity index (χ1) is 7.66. The molecule has 1 amide bonds. The van der Waals surface area contributed by atoms with Crippen molar-refractivity contribution in [2.24, 2.45) is 0 Å². The molecule has 1 heterocycles. The number of hydrogen-bond donors (Lipinski definition) is 1. The Hall–Kier alpha value is -1.59. The molecule has 1 aliphatic carbocycles. The van der Waals surface area contributed by atoms with E-state index in [1.54, 1.807) is 0 Å². The van der Waals surface area contributed by atoms with Crippen molar-refractivity contribution in [3.8, 4) is 0 Å². The number of nitrogens with zero attached hydrogens (tertiary/aromatic N) is 4. The average Bonchev–Trinajstić information content (AvgIpc) is 2.88. The number of aromatic nitrogens is 3. The Labute approximate surface area is 94.4 Å². The minimum Gasteiger partial charge on any atom is -0.367 e.